The van der Waals surface area contributed by atoms with Crippen molar-refractivity contribution in [3.05, 3.63) is 73.9 Å². The second-order valence-corrected chi connectivity index (χ2v) is 13.1. The van der Waals surface area contributed by atoms with Gasteiger partial charge in [0, 0.05) is 17.2 Å². The van der Waals surface area contributed by atoms with E-state index in [0.29, 0.717) is 6.42 Å². The number of azide groups is 1. The van der Waals surface area contributed by atoms with Gasteiger partial charge >= 0.3 is 19.4 Å². The number of carbonyl (C=O) groups excluding carboxylic acids is 1. The summed E-state index contributed by atoms with van der Waals surface area (Å²) in [4.78, 5) is 41.3. The summed E-state index contributed by atoms with van der Waals surface area (Å²) < 4.78 is 37.0. The van der Waals surface area contributed by atoms with Crippen molar-refractivity contribution in [2.75, 3.05) is 13.2 Å². The fourth-order valence-corrected chi connectivity index (χ4v) is 6.51. The molecule has 0 amide bonds. The summed E-state index contributed by atoms with van der Waals surface area (Å²) in [6.45, 7) is 2.82. The molecule has 0 spiro atoms. The third-order valence-corrected chi connectivity index (χ3v) is 9.22. The number of aromatic amines is 1. The zero-order valence-electron chi connectivity index (χ0n) is 26.7. The minimum absolute atomic E-state index is 0.0951. The van der Waals surface area contributed by atoms with Gasteiger partial charge in [-0.1, -0.05) is 88.0 Å². The molecule has 47 heavy (non-hydrogen) atoms. The number of aliphatic hydroxyl groups is 2. The van der Waals surface area contributed by atoms with Crippen molar-refractivity contribution in [1.82, 2.24) is 14.6 Å². The molecule has 1 aliphatic rings. The molecule has 6 atom stereocenters. The van der Waals surface area contributed by atoms with Gasteiger partial charge < -0.3 is 24.2 Å². The molecule has 1 saturated heterocycles. The van der Waals surface area contributed by atoms with E-state index in [9.17, 15) is 34.7 Å². The van der Waals surface area contributed by atoms with Crippen LogP contribution in [0.3, 0.4) is 0 Å². The van der Waals surface area contributed by atoms with Gasteiger partial charge in [-0.15, -0.1) is 0 Å². The second kappa shape index (κ2) is 18.7. The van der Waals surface area contributed by atoms with Crippen LogP contribution in [0.2, 0.25) is 0 Å². The summed E-state index contributed by atoms with van der Waals surface area (Å²) >= 11 is 0. The lowest BCUT2D eigenvalue weighted by Crippen LogP contribution is -2.45. The highest BCUT2D eigenvalue weighted by atomic mass is 31.2. The average Bonchev–Trinajstić information content (AvgIpc) is 3.28. The largest absolute Gasteiger partial charge is 0.465 e. The van der Waals surface area contributed by atoms with Crippen LogP contribution in [0.25, 0.3) is 10.4 Å². The van der Waals surface area contributed by atoms with E-state index < -0.39 is 61.8 Å². The molecule has 1 aromatic heterocycles. The van der Waals surface area contributed by atoms with Crippen LogP contribution >= 0.6 is 7.75 Å². The van der Waals surface area contributed by atoms with Crippen molar-refractivity contribution in [2.45, 2.75) is 108 Å². The summed E-state index contributed by atoms with van der Waals surface area (Å²) in [7, 11) is -4.51. The number of carbonyl (C=O) groups is 1. The molecular weight excluding hydrogens is 635 g/mol. The molecule has 17 heteroatoms. The summed E-state index contributed by atoms with van der Waals surface area (Å²) in [6.07, 6.45) is 6.76. The third kappa shape index (κ3) is 11.3. The fourth-order valence-electron chi connectivity index (χ4n) is 4.99. The van der Waals surface area contributed by atoms with Gasteiger partial charge in [-0.05, 0) is 31.0 Å². The van der Waals surface area contributed by atoms with Crippen LogP contribution in [0, 0.1) is 0 Å². The van der Waals surface area contributed by atoms with E-state index in [0.717, 1.165) is 36.1 Å². The van der Waals surface area contributed by atoms with Crippen molar-refractivity contribution in [1.29, 1.82) is 0 Å². The quantitative estimate of drug-likeness (QED) is 0.0360. The van der Waals surface area contributed by atoms with Crippen molar-refractivity contribution in [3.63, 3.8) is 0 Å². The number of unbranched alkanes of at least 4 members (excludes halogenated alkanes) is 9. The molecule has 4 N–H and O–H groups in total. The van der Waals surface area contributed by atoms with Crippen molar-refractivity contribution < 1.29 is 38.1 Å². The molecule has 0 saturated carbocycles. The molecule has 0 bridgehead atoms. The van der Waals surface area contributed by atoms with Gasteiger partial charge in [-0.25, -0.2) is 9.36 Å². The lowest BCUT2D eigenvalue weighted by atomic mass is 10.1. The Bertz CT molecular complexity index is 1480. The Balaban J connectivity index is 1.63. The van der Waals surface area contributed by atoms with E-state index in [1.165, 1.54) is 57.6 Å². The molecule has 3 rings (SSSR count). The maximum atomic E-state index is 14.0. The Morgan fingerprint density at radius 3 is 2.36 bits per heavy atom. The normalized spacial score (nSPS) is 22.6. The molecule has 16 nitrogen and oxygen atoms in total. The lowest BCUT2D eigenvalue weighted by Gasteiger charge is -2.29. The van der Waals surface area contributed by atoms with Gasteiger partial charge in [-0.3, -0.25) is 23.7 Å². The highest BCUT2D eigenvalue weighted by Gasteiger charge is 2.56. The highest BCUT2D eigenvalue weighted by molar-refractivity contribution is 7.52. The van der Waals surface area contributed by atoms with E-state index in [1.54, 1.807) is 18.2 Å². The van der Waals surface area contributed by atoms with Crippen molar-refractivity contribution >= 4 is 13.7 Å². The standard InChI is InChI=1S/C30H45N6O10P/c1-3-4-5-6-7-8-9-10-11-15-20-43-28(40)22(2)33-47(42,46-23-16-13-12-14-17-23)44-21-30(34-35-31)26(39)25(38)27(45-30)36-19-18-24(37)32-29(36)41/h12-14,16-19,22,25-27,38-39H,3-11,15,20-21H2,1-2H3,(H,33,42)(H,32,37,41)/t22-,25-,26+,27-,30-,47?/m1/s1. The number of nitrogens with one attached hydrogen (secondary N) is 2. The van der Waals surface area contributed by atoms with Crippen LogP contribution in [-0.4, -0.2) is 62.9 Å². The number of aromatic nitrogens is 2. The number of benzene rings is 1. The number of hydrogen-bond donors (Lipinski definition) is 4. The number of para-hydroxylation sites is 1. The monoisotopic (exact) mass is 680 g/mol. The van der Waals surface area contributed by atoms with E-state index >= 15 is 0 Å². The Kier molecular flexibility index (Phi) is 15.1. The highest BCUT2D eigenvalue weighted by Crippen LogP contribution is 2.48. The first-order valence-corrected chi connectivity index (χ1v) is 17.4. The smallest absolute Gasteiger partial charge is 0.459 e. The molecule has 0 radical (unpaired) electrons. The first kappa shape index (κ1) is 38.0. The van der Waals surface area contributed by atoms with Gasteiger partial charge in [0.2, 0.25) is 5.72 Å². The van der Waals surface area contributed by atoms with Gasteiger partial charge in [-0.2, -0.15) is 5.09 Å². The number of rotatable bonds is 21. The van der Waals surface area contributed by atoms with Crippen molar-refractivity contribution in [2.24, 2.45) is 5.11 Å². The van der Waals surface area contributed by atoms with Crippen LogP contribution in [-0.2, 0) is 23.4 Å². The molecule has 1 fully saturated rings. The third-order valence-electron chi connectivity index (χ3n) is 7.60. The van der Waals surface area contributed by atoms with Crippen molar-refractivity contribution in [3.8, 4) is 5.75 Å². The maximum absolute atomic E-state index is 14.0. The van der Waals surface area contributed by atoms with Gasteiger partial charge in [0.05, 0.1) is 13.2 Å². The first-order chi connectivity index (χ1) is 22.5. The summed E-state index contributed by atoms with van der Waals surface area (Å²) in [5.41, 5.74) is 5.16. The number of nitrogens with zero attached hydrogens (tertiary/aromatic N) is 4. The number of esters is 1. The molecule has 1 aliphatic heterocycles. The number of aliphatic hydroxyl groups excluding tert-OH is 2. The zero-order valence-corrected chi connectivity index (χ0v) is 27.6. The zero-order chi connectivity index (χ0) is 34.3. The molecular formula is C30H45N6O10P. The van der Waals surface area contributed by atoms with Crippen LogP contribution in [0.4, 0.5) is 0 Å². The van der Waals surface area contributed by atoms with Crippen LogP contribution < -0.4 is 20.9 Å². The van der Waals surface area contributed by atoms with Gasteiger partial charge in [0.15, 0.2) is 6.23 Å². The number of H-pyrrole nitrogens is 1. The van der Waals surface area contributed by atoms with Crippen LogP contribution in [0.5, 0.6) is 5.75 Å². The Morgan fingerprint density at radius 2 is 1.74 bits per heavy atom. The predicted octanol–water partition coefficient (Wildman–Crippen LogP) is 4.44. The lowest BCUT2D eigenvalue weighted by molar-refractivity contribution is -0.145. The van der Waals surface area contributed by atoms with E-state index in [1.807, 2.05) is 4.98 Å². The molecule has 0 aliphatic carbocycles. The summed E-state index contributed by atoms with van der Waals surface area (Å²) in [5.74, 6) is -0.617. The Labute approximate surface area is 272 Å². The SMILES string of the molecule is CCCCCCCCCCCCOC(=O)[C@@H](C)NP(=O)(OC[C@@]1(N=[N+]=[N-])O[C@@H](n2ccc(=O)[nH]c2=O)[C@H](O)[C@@H]1O)Oc1ccccc1. The summed E-state index contributed by atoms with van der Waals surface area (Å²) in [5, 5.41) is 27.6. The number of hydrogen-bond acceptors (Lipinski definition) is 11. The molecule has 1 aromatic carbocycles. The van der Waals surface area contributed by atoms with Gasteiger partial charge in [0.1, 0.15) is 24.0 Å². The Morgan fingerprint density at radius 1 is 1.11 bits per heavy atom. The number of ether oxygens (including phenoxy) is 2. The Hall–Kier alpha value is -3.49. The maximum Gasteiger partial charge on any atom is 0.459 e. The van der Waals surface area contributed by atoms with E-state index in [4.69, 9.17) is 18.5 Å². The topological polar surface area (TPSA) is 227 Å². The molecule has 2 aromatic rings. The van der Waals surface area contributed by atoms with E-state index in [-0.39, 0.29) is 12.4 Å². The minimum atomic E-state index is -4.51. The molecule has 2 heterocycles. The van der Waals surface area contributed by atoms with E-state index in [2.05, 4.69) is 22.0 Å². The molecule has 1 unspecified atom stereocenters. The molecule has 260 valence electrons. The van der Waals surface area contributed by atoms with Crippen LogP contribution in [0.15, 0.2) is 57.3 Å². The second-order valence-electron chi connectivity index (χ2n) is 11.4. The van der Waals surface area contributed by atoms with Gasteiger partial charge in [0.25, 0.3) is 5.56 Å². The summed E-state index contributed by atoms with van der Waals surface area (Å²) in [6, 6.07) is 7.68. The predicted molar refractivity (Wildman–Crippen MR) is 171 cm³/mol. The van der Waals surface area contributed by atoms with Crippen LogP contribution in [0.1, 0.15) is 84.3 Å². The fraction of sp³-hybridized carbons (Fsp3) is 0.633. The average molecular weight is 681 g/mol. The minimum Gasteiger partial charge on any atom is -0.465 e. The first-order valence-electron chi connectivity index (χ1n) is 15.9.